The average Bonchev–Trinajstić information content (AvgIpc) is 2.70. The van der Waals surface area contributed by atoms with Crippen molar-refractivity contribution in [1.82, 2.24) is 15.0 Å². The van der Waals surface area contributed by atoms with Crippen molar-refractivity contribution in [3.05, 3.63) is 22.4 Å². The summed E-state index contributed by atoms with van der Waals surface area (Å²) >= 11 is 3.19. The van der Waals surface area contributed by atoms with Gasteiger partial charge in [0.25, 0.3) is 0 Å². The van der Waals surface area contributed by atoms with Gasteiger partial charge in [-0.25, -0.2) is 9.07 Å². The molecular formula is C13H17BrFN3O. The summed E-state index contributed by atoms with van der Waals surface area (Å²) < 4.78 is 21.1. The fourth-order valence-electron chi connectivity index (χ4n) is 1.91. The van der Waals surface area contributed by atoms with Crippen LogP contribution < -0.4 is 0 Å². The van der Waals surface area contributed by atoms with Gasteiger partial charge in [0, 0.05) is 18.1 Å². The van der Waals surface area contributed by atoms with Gasteiger partial charge in [0.05, 0.1) is 23.1 Å². The van der Waals surface area contributed by atoms with E-state index in [-0.39, 0.29) is 11.2 Å². The Morgan fingerprint density at radius 1 is 1.42 bits per heavy atom. The molecule has 104 valence electrons. The van der Waals surface area contributed by atoms with Gasteiger partial charge in [0.2, 0.25) is 0 Å². The van der Waals surface area contributed by atoms with E-state index in [1.807, 2.05) is 6.92 Å². The van der Waals surface area contributed by atoms with Gasteiger partial charge in [-0.1, -0.05) is 19.1 Å². The molecular weight excluding hydrogens is 313 g/mol. The van der Waals surface area contributed by atoms with Crippen LogP contribution in [0.5, 0.6) is 0 Å². The summed E-state index contributed by atoms with van der Waals surface area (Å²) in [6, 6.07) is 3.10. The van der Waals surface area contributed by atoms with Crippen LogP contribution in [0.4, 0.5) is 4.39 Å². The van der Waals surface area contributed by atoms with E-state index in [1.54, 1.807) is 10.7 Å². The van der Waals surface area contributed by atoms with E-state index in [0.717, 1.165) is 5.52 Å². The maximum Gasteiger partial charge on any atom is 0.139 e. The average molecular weight is 330 g/mol. The molecule has 0 aliphatic carbocycles. The van der Waals surface area contributed by atoms with Crippen LogP contribution in [0.3, 0.4) is 0 Å². The molecule has 0 spiro atoms. The van der Waals surface area contributed by atoms with E-state index in [1.165, 1.54) is 6.07 Å². The first-order valence-electron chi connectivity index (χ1n) is 6.19. The van der Waals surface area contributed by atoms with E-state index in [9.17, 15) is 4.39 Å². The maximum atomic E-state index is 13.4. The Morgan fingerprint density at radius 2 is 2.16 bits per heavy atom. The molecule has 0 saturated heterocycles. The van der Waals surface area contributed by atoms with E-state index in [0.29, 0.717) is 29.7 Å². The smallest absolute Gasteiger partial charge is 0.139 e. The van der Waals surface area contributed by atoms with E-state index in [2.05, 4.69) is 40.1 Å². The Kier molecular flexibility index (Phi) is 4.20. The highest BCUT2D eigenvalue weighted by Crippen LogP contribution is 2.25. The molecule has 0 aliphatic heterocycles. The molecule has 4 nitrogen and oxygen atoms in total. The lowest BCUT2D eigenvalue weighted by atomic mass is 9.95. The molecule has 6 heteroatoms. The molecule has 1 aromatic heterocycles. The van der Waals surface area contributed by atoms with Crippen molar-refractivity contribution in [3.8, 4) is 0 Å². The molecule has 2 aromatic rings. The van der Waals surface area contributed by atoms with Crippen LogP contribution in [-0.2, 0) is 11.3 Å². The maximum absolute atomic E-state index is 13.4. The first-order valence-corrected chi connectivity index (χ1v) is 6.98. The second-order valence-corrected chi connectivity index (χ2v) is 6.16. The van der Waals surface area contributed by atoms with E-state index >= 15 is 0 Å². The third-order valence-electron chi connectivity index (χ3n) is 2.83. The van der Waals surface area contributed by atoms with Crippen LogP contribution >= 0.6 is 15.9 Å². The number of benzene rings is 1. The first-order chi connectivity index (χ1) is 8.93. The van der Waals surface area contributed by atoms with Crippen molar-refractivity contribution < 1.29 is 9.13 Å². The predicted molar refractivity (Wildman–Crippen MR) is 75.5 cm³/mol. The SMILES string of the molecule is CCOCC(C)(C)Cn1nnc2cc(F)c(Br)cc21. The van der Waals surface area contributed by atoms with Gasteiger partial charge in [-0.05, 0) is 28.9 Å². The van der Waals surface area contributed by atoms with Gasteiger partial charge < -0.3 is 4.74 Å². The van der Waals surface area contributed by atoms with Crippen molar-refractivity contribution >= 4 is 27.0 Å². The van der Waals surface area contributed by atoms with Crippen molar-refractivity contribution in [2.24, 2.45) is 5.41 Å². The predicted octanol–water partition coefficient (Wildman–Crippen LogP) is 3.40. The molecule has 1 aromatic carbocycles. The van der Waals surface area contributed by atoms with Gasteiger partial charge in [-0.3, -0.25) is 0 Å². The molecule has 0 amide bonds. The normalized spacial score (nSPS) is 12.3. The topological polar surface area (TPSA) is 39.9 Å². The fourth-order valence-corrected chi connectivity index (χ4v) is 2.24. The highest BCUT2D eigenvalue weighted by Gasteiger charge is 2.21. The highest BCUT2D eigenvalue weighted by atomic mass is 79.9. The molecule has 19 heavy (non-hydrogen) atoms. The number of fused-ring (bicyclic) bond motifs is 1. The summed E-state index contributed by atoms with van der Waals surface area (Å²) in [5, 5.41) is 8.09. The summed E-state index contributed by atoms with van der Waals surface area (Å²) in [6.07, 6.45) is 0. The Bertz CT molecular complexity index is 583. The van der Waals surface area contributed by atoms with Gasteiger partial charge in [0.1, 0.15) is 11.3 Å². The Morgan fingerprint density at radius 3 is 2.84 bits per heavy atom. The van der Waals surface area contributed by atoms with Gasteiger partial charge in [-0.15, -0.1) is 5.10 Å². The van der Waals surface area contributed by atoms with Crippen LogP contribution in [0, 0.1) is 11.2 Å². The quantitative estimate of drug-likeness (QED) is 0.844. The number of halogens is 2. The largest absolute Gasteiger partial charge is 0.381 e. The van der Waals surface area contributed by atoms with Gasteiger partial charge in [-0.2, -0.15) is 0 Å². The third kappa shape index (κ3) is 3.30. The van der Waals surface area contributed by atoms with Crippen LogP contribution in [0.15, 0.2) is 16.6 Å². The van der Waals surface area contributed by atoms with Crippen molar-refractivity contribution in [1.29, 1.82) is 0 Å². The van der Waals surface area contributed by atoms with E-state index < -0.39 is 0 Å². The van der Waals surface area contributed by atoms with Crippen LogP contribution in [0.25, 0.3) is 11.0 Å². The number of hydrogen-bond donors (Lipinski definition) is 0. The number of rotatable bonds is 5. The second-order valence-electron chi connectivity index (χ2n) is 5.30. The molecule has 0 bridgehead atoms. The summed E-state index contributed by atoms with van der Waals surface area (Å²) in [4.78, 5) is 0. The van der Waals surface area contributed by atoms with Crippen LogP contribution in [0.1, 0.15) is 20.8 Å². The summed E-state index contributed by atoms with van der Waals surface area (Å²) in [5.41, 5.74) is 1.32. The molecule has 0 atom stereocenters. The second kappa shape index (κ2) is 5.54. The number of aromatic nitrogens is 3. The van der Waals surface area contributed by atoms with Crippen molar-refractivity contribution in [2.45, 2.75) is 27.3 Å². The Hall–Kier alpha value is -1.01. The Balaban J connectivity index is 2.28. The molecule has 0 aliphatic rings. The number of ether oxygens (including phenoxy) is 1. The lowest BCUT2D eigenvalue weighted by Gasteiger charge is -2.24. The highest BCUT2D eigenvalue weighted by molar-refractivity contribution is 9.10. The van der Waals surface area contributed by atoms with Crippen LogP contribution in [-0.4, -0.2) is 28.2 Å². The van der Waals surface area contributed by atoms with Gasteiger partial charge in [0.15, 0.2) is 0 Å². The minimum atomic E-state index is -0.326. The van der Waals surface area contributed by atoms with Crippen molar-refractivity contribution in [2.75, 3.05) is 13.2 Å². The Labute approximate surface area is 120 Å². The van der Waals surface area contributed by atoms with Crippen LogP contribution in [0.2, 0.25) is 0 Å². The standard InChI is InChI=1S/C13H17BrFN3O/c1-4-19-8-13(2,3)7-18-12-5-9(14)10(15)6-11(12)16-17-18/h5-6H,4,7-8H2,1-3H3. The minimum absolute atomic E-state index is 0.0580. The zero-order valence-electron chi connectivity index (χ0n) is 11.3. The molecule has 0 N–H and O–H groups in total. The van der Waals surface area contributed by atoms with Crippen molar-refractivity contribution in [3.63, 3.8) is 0 Å². The minimum Gasteiger partial charge on any atom is -0.381 e. The lowest BCUT2D eigenvalue weighted by molar-refractivity contribution is 0.0594. The lowest BCUT2D eigenvalue weighted by Crippen LogP contribution is -2.26. The number of nitrogens with zero attached hydrogens (tertiary/aromatic N) is 3. The molecule has 1 heterocycles. The van der Waals surface area contributed by atoms with E-state index in [4.69, 9.17) is 4.74 Å². The molecule has 0 radical (unpaired) electrons. The summed E-state index contributed by atoms with van der Waals surface area (Å²) in [5.74, 6) is -0.326. The fraction of sp³-hybridized carbons (Fsp3) is 0.538. The molecule has 0 fully saturated rings. The third-order valence-corrected chi connectivity index (χ3v) is 3.44. The number of hydrogen-bond acceptors (Lipinski definition) is 3. The van der Waals surface area contributed by atoms with Gasteiger partial charge >= 0.3 is 0 Å². The first kappa shape index (κ1) is 14.4. The molecule has 0 unspecified atom stereocenters. The summed E-state index contributed by atoms with van der Waals surface area (Å²) in [7, 11) is 0. The zero-order chi connectivity index (χ0) is 14.0. The monoisotopic (exact) mass is 329 g/mol. The molecule has 2 rings (SSSR count). The molecule has 0 saturated carbocycles. The summed E-state index contributed by atoms with van der Waals surface area (Å²) in [6.45, 7) is 8.19. The zero-order valence-corrected chi connectivity index (χ0v) is 12.9.